The van der Waals surface area contributed by atoms with Crippen LogP contribution in [0.5, 0.6) is 5.75 Å². The molecule has 23 heavy (non-hydrogen) atoms. The number of esters is 1. The molecule has 0 saturated carbocycles. The van der Waals surface area contributed by atoms with Gasteiger partial charge in [0.1, 0.15) is 10.8 Å². The Kier molecular flexibility index (Phi) is 5.01. The van der Waals surface area contributed by atoms with Gasteiger partial charge in [0.25, 0.3) is 5.69 Å². The van der Waals surface area contributed by atoms with Crippen molar-refractivity contribution in [1.82, 2.24) is 0 Å². The minimum Gasteiger partial charge on any atom is -0.423 e. The number of hydrogen-bond donors (Lipinski definition) is 0. The lowest BCUT2D eigenvalue weighted by Crippen LogP contribution is -2.09. The van der Waals surface area contributed by atoms with Gasteiger partial charge in [-0.05, 0) is 48.2 Å². The number of carbonyl (C=O) groups excluding carboxylic acids is 1. The van der Waals surface area contributed by atoms with Crippen molar-refractivity contribution in [1.29, 1.82) is 0 Å². The molecular formula is C17H16ClNO4. The average molecular weight is 334 g/mol. The van der Waals surface area contributed by atoms with Crippen LogP contribution in [0.4, 0.5) is 5.69 Å². The third kappa shape index (κ3) is 3.87. The maximum atomic E-state index is 12.1. The Morgan fingerprint density at radius 1 is 1.22 bits per heavy atom. The van der Waals surface area contributed by atoms with E-state index in [0.29, 0.717) is 11.7 Å². The largest absolute Gasteiger partial charge is 0.423 e. The highest BCUT2D eigenvalue weighted by Gasteiger charge is 2.18. The summed E-state index contributed by atoms with van der Waals surface area (Å²) >= 11 is 5.73. The molecule has 5 nitrogen and oxygen atoms in total. The SMILES string of the molecule is Cc1cc(OC(=O)c2ccc(Cl)c([N+](=O)[O-])c2)ccc1C(C)C. The summed E-state index contributed by atoms with van der Waals surface area (Å²) < 4.78 is 5.29. The lowest BCUT2D eigenvalue weighted by molar-refractivity contribution is -0.384. The Morgan fingerprint density at radius 2 is 1.91 bits per heavy atom. The van der Waals surface area contributed by atoms with Gasteiger partial charge in [-0.3, -0.25) is 10.1 Å². The number of halogens is 1. The van der Waals surface area contributed by atoms with Gasteiger partial charge in [0, 0.05) is 6.07 Å². The molecule has 0 saturated heterocycles. The van der Waals surface area contributed by atoms with Gasteiger partial charge in [-0.1, -0.05) is 31.5 Å². The van der Waals surface area contributed by atoms with Crippen LogP contribution >= 0.6 is 11.6 Å². The van der Waals surface area contributed by atoms with Crippen molar-refractivity contribution in [3.8, 4) is 5.75 Å². The van der Waals surface area contributed by atoms with Crippen molar-refractivity contribution in [2.75, 3.05) is 0 Å². The van der Waals surface area contributed by atoms with E-state index in [1.807, 2.05) is 13.0 Å². The first-order valence-electron chi connectivity index (χ1n) is 7.06. The lowest BCUT2D eigenvalue weighted by atomic mass is 9.98. The van der Waals surface area contributed by atoms with Gasteiger partial charge in [0.05, 0.1) is 10.5 Å². The van der Waals surface area contributed by atoms with E-state index < -0.39 is 10.9 Å². The fourth-order valence-electron chi connectivity index (χ4n) is 2.30. The molecule has 0 radical (unpaired) electrons. The Morgan fingerprint density at radius 3 is 2.48 bits per heavy atom. The smallest absolute Gasteiger partial charge is 0.343 e. The summed E-state index contributed by atoms with van der Waals surface area (Å²) in [4.78, 5) is 22.4. The second-order valence-corrected chi connectivity index (χ2v) is 5.89. The number of rotatable bonds is 4. The maximum Gasteiger partial charge on any atom is 0.343 e. The topological polar surface area (TPSA) is 69.4 Å². The minimum atomic E-state index is -0.665. The molecule has 120 valence electrons. The highest BCUT2D eigenvalue weighted by Crippen LogP contribution is 2.27. The van der Waals surface area contributed by atoms with E-state index in [-0.39, 0.29) is 16.3 Å². The Balaban J connectivity index is 2.24. The molecule has 0 aromatic heterocycles. The zero-order valence-electron chi connectivity index (χ0n) is 13.0. The molecule has 0 atom stereocenters. The zero-order chi connectivity index (χ0) is 17.1. The fourth-order valence-corrected chi connectivity index (χ4v) is 2.49. The molecule has 0 aliphatic rings. The van der Waals surface area contributed by atoms with Crippen molar-refractivity contribution in [3.05, 3.63) is 68.2 Å². The number of nitro groups is 1. The van der Waals surface area contributed by atoms with Crippen LogP contribution in [0.1, 0.15) is 41.3 Å². The van der Waals surface area contributed by atoms with Gasteiger partial charge in [-0.25, -0.2) is 4.79 Å². The number of hydrogen-bond acceptors (Lipinski definition) is 4. The van der Waals surface area contributed by atoms with Crippen LogP contribution in [0.2, 0.25) is 5.02 Å². The van der Waals surface area contributed by atoms with E-state index in [0.717, 1.165) is 11.6 Å². The van der Waals surface area contributed by atoms with Crippen molar-refractivity contribution in [2.45, 2.75) is 26.7 Å². The van der Waals surface area contributed by atoms with Gasteiger partial charge < -0.3 is 4.74 Å². The summed E-state index contributed by atoms with van der Waals surface area (Å²) in [7, 11) is 0. The van der Waals surface area contributed by atoms with Gasteiger partial charge in [0.15, 0.2) is 0 Å². The third-order valence-corrected chi connectivity index (χ3v) is 3.77. The Hall–Kier alpha value is -2.40. The van der Waals surface area contributed by atoms with Crippen LogP contribution < -0.4 is 4.74 Å². The van der Waals surface area contributed by atoms with Crippen LogP contribution in [0, 0.1) is 17.0 Å². The van der Waals surface area contributed by atoms with E-state index in [9.17, 15) is 14.9 Å². The zero-order valence-corrected chi connectivity index (χ0v) is 13.8. The van der Waals surface area contributed by atoms with E-state index in [2.05, 4.69) is 13.8 Å². The number of nitrogens with zero attached hydrogens (tertiary/aromatic N) is 1. The number of nitro benzene ring substituents is 1. The van der Waals surface area contributed by atoms with E-state index in [4.69, 9.17) is 16.3 Å². The van der Waals surface area contributed by atoms with E-state index >= 15 is 0 Å². The quantitative estimate of drug-likeness (QED) is 0.345. The first kappa shape index (κ1) is 17.0. The number of benzene rings is 2. The van der Waals surface area contributed by atoms with Crippen LogP contribution in [0.25, 0.3) is 0 Å². The molecule has 0 aliphatic heterocycles. The summed E-state index contributed by atoms with van der Waals surface area (Å²) in [5, 5.41) is 10.8. The lowest BCUT2D eigenvalue weighted by Gasteiger charge is -2.11. The molecule has 0 amide bonds. The molecule has 0 spiro atoms. The molecule has 0 N–H and O–H groups in total. The predicted molar refractivity (Wildman–Crippen MR) is 88.3 cm³/mol. The van der Waals surface area contributed by atoms with Crippen molar-refractivity contribution in [2.24, 2.45) is 0 Å². The van der Waals surface area contributed by atoms with Crippen LogP contribution in [0.3, 0.4) is 0 Å². The summed E-state index contributed by atoms with van der Waals surface area (Å²) in [6.45, 7) is 6.11. The molecule has 0 aliphatic carbocycles. The van der Waals surface area contributed by atoms with Crippen LogP contribution in [-0.2, 0) is 0 Å². The highest BCUT2D eigenvalue weighted by atomic mass is 35.5. The molecule has 2 aromatic rings. The van der Waals surface area contributed by atoms with Crippen molar-refractivity contribution in [3.63, 3.8) is 0 Å². The molecule has 2 aromatic carbocycles. The Labute approximate surface area is 139 Å². The fraction of sp³-hybridized carbons (Fsp3) is 0.235. The summed E-state index contributed by atoms with van der Waals surface area (Å²) in [6.07, 6.45) is 0. The monoisotopic (exact) mass is 333 g/mol. The number of carbonyl (C=O) groups is 1. The normalized spacial score (nSPS) is 10.7. The van der Waals surface area contributed by atoms with Crippen LogP contribution in [0.15, 0.2) is 36.4 Å². The van der Waals surface area contributed by atoms with Crippen molar-refractivity contribution < 1.29 is 14.5 Å². The third-order valence-electron chi connectivity index (χ3n) is 3.45. The number of ether oxygens (including phenoxy) is 1. The molecule has 0 unspecified atom stereocenters. The average Bonchev–Trinajstić information content (AvgIpc) is 2.46. The maximum absolute atomic E-state index is 12.1. The van der Waals surface area contributed by atoms with E-state index in [1.54, 1.807) is 12.1 Å². The van der Waals surface area contributed by atoms with Gasteiger partial charge in [-0.15, -0.1) is 0 Å². The molecule has 2 rings (SSSR count). The predicted octanol–water partition coefficient (Wildman–Crippen LogP) is 4.90. The van der Waals surface area contributed by atoms with Gasteiger partial charge in [0.2, 0.25) is 0 Å². The Bertz CT molecular complexity index is 771. The van der Waals surface area contributed by atoms with Gasteiger partial charge >= 0.3 is 5.97 Å². The van der Waals surface area contributed by atoms with E-state index in [1.165, 1.54) is 17.7 Å². The molecule has 0 fully saturated rings. The van der Waals surface area contributed by atoms with Gasteiger partial charge in [-0.2, -0.15) is 0 Å². The first-order chi connectivity index (χ1) is 10.8. The molecule has 0 bridgehead atoms. The molecule has 6 heteroatoms. The number of aryl methyl sites for hydroxylation is 1. The van der Waals surface area contributed by atoms with Crippen LogP contribution in [-0.4, -0.2) is 10.9 Å². The summed E-state index contributed by atoms with van der Waals surface area (Å²) in [6, 6.07) is 9.21. The first-order valence-corrected chi connectivity index (χ1v) is 7.44. The molecular weight excluding hydrogens is 318 g/mol. The molecule has 0 heterocycles. The highest BCUT2D eigenvalue weighted by molar-refractivity contribution is 6.32. The van der Waals surface area contributed by atoms with Crippen molar-refractivity contribution >= 4 is 23.3 Å². The summed E-state index contributed by atoms with van der Waals surface area (Å²) in [5.74, 6) is 0.106. The summed E-state index contributed by atoms with van der Waals surface area (Å²) in [5.41, 5.74) is 1.94. The second kappa shape index (κ2) is 6.79. The minimum absolute atomic E-state index is 0.0244. The second-order valence-electron chi connectivity index (χ2n) is 5.49. The standard InChI is InChI=1S/C17H16ClNO4/c1-10(2)14-6-5-13(8-11(14)3)23-17(20)12-4-7-15(18)16(9-12)19(21)22/h4-10H,1-3H3.